The minimum absolute atomic E-state index is 0.175. The van der Waals surface area contributed by atoms with E-state index < -0.39 is 0 Å². The van der Waals surface area contributed by atoms with Crippen LogP contribution in [0.15, 0.2) is 55.2 Å². The minimum atomic E-state index is -0.282. The third-order valence-corrected chi connectivity index (χ3v) is 5.09. The van der Waals surface area contributed by atoms with Gasteiger partial charge in [0.25, 0.3) is 5.91 Å². The van der Waals surface area contributed by atoms with Crippen LogP contribution in [0, 0.1) is 6.92 Å². The van der Waals surface area contributed by atoms with Gasteiger partial charge in [-0.15, -0.1) is 10.2 Å². The highest BCUT2D eigenvalue weighted by atomic mass is 16.2. The van der Waals surface area contributed by atoms with Crippen molar-refractivity contribution in [3.8, 4) is 0 Å². The zero-order valence-corrected chi connectivity index (χ0v) is 19.3. The van der Waals surface area contributed by atoms with Crippen LogP contribution >= 0.6 is 0 Å². The number of carbonyl (C=O) groups is 2. The van der Waals surface area contributed by atoms with E-state index in [1.807, 2.05) is 31.2 Å². The SMILES string of the molecule is Cc1ccc(CC(=O)Nc2cn(CCCCn3cc(C(=O)NCc4cccnc4)nn3)nn2)nc1. The van der Waals surface area contributed by atoms with Gasteiger partial charge in [-0.3, -0.25) is 28.9 Å². The lowest BCUT2D eigenvalue weighted by Crippen LogP contribution is -2.23. The lowest BCUT2D eigenvalue weighted by Gasteiger charge is -2.02. The Hall–Kier alpha value is -4.48. The number of amides is 2. The van der Waals surface area contributed by atoms with E-state index in [9.17, 15) is 9.59 Å². The largest absolute Gasteiger partial charge is 0.346 e. The van der Waals surface area contributed by atoms with Crippen LogP contribution in [0.5, 0.6) is 0 Å². The fraction of sp³-hybridized carbons (Fsp3) is 0.304. The lowest BCUT2D eigenvalue weighted by atomic mass is 10.2. The molecule has 4 aromatic heterocycles. The van der Waals surface area contributed by atoms with Gasteiger partial charge in [-0.25, -0.2) is 0 Å². The molecule has 0 aromatic carbocycles. The first-order chi connectivity index (χ1) is 17.0. The quantitative estimate of drug-likeness (QED) is 0.312. The maximum Gasteiger partial charge on any atom is 0.273 e. The molecule has 0 aliphatic heterocycles. The van der Waals surface area contributed by atoms with Crippen molar-refractivity contribution in [2.24, 2.45) is 0 Å². The number of anilines is 1. The summed E-state index contributed by atoms with van der Waals surface area (Å²) in [6, 6.07) is 7.46. The fourth-order valence-corrected chi connectivity index (χ4v) is 3.25. The second-order valence-electron chi connectivity index (χ2n) is 8.04. The molecule has 0 unspecified atom stereocenters. The summed E-state index contributed by atoms with van der Waals surface area (Å²) in [4.78, 5) is 32.7. The number of pyridine rings is 2. The Morgan fingerprint density at radius 1 is 0.971 bits per heavy atom. The van der Waals surface area contributed by atoms with E-state index in [0.717, 1.165) is 24.0 Å². The molecular formula is C23H26N10O2. The van der Waals surface area contributed by atoms with E-state index in [1.165, 1.54) is 0 Å². The molecule has 0 bridgehead atoms. The van der Waals surface area contributed by atoms with Crippen LogP contribution in [0.3, 0.4) is 0 Å². The van der Waals surface area contributed by atoms with Gasteiger partial charge >= 0.3 is 0 Å². The predicted molar refractivity (Wildman–Crippen MR) is 126 cm³/mol. The van der Waals surface area contributed by atoms with Crippen LogP contribution in [-0.2, 0) is 30.8 Å². The molecule has 35 heavy (non-hydrogen) atoms. The van der Waals surface area contributed by atoms with Crippen molar-refractivity contribution in [3.05, 3.63) is 77.8 Å². The number of nitrogens with zero attached hydrogens (tertiary/aromatic N) is 8. The van der Waals surface area contributed by atoms with Crippen molar-refractivity contribution in [3.63, 3.8) is 0 Å². The Kier molecular flexibility index (Phi) is 7.84. The summed E-state index contributed by atoms with van der Waals surface area (Å²) in [6.07, 6.45) is 10.2. The molecule has 2 N–H and O–H groups in total. The topological polar surface area (TPSA) is 145 Å². The van der Waals surface area contributed by atoms with Crippen LogP contribution in [0.1, 0.15) is 40.2 Å². The number of nitrogens with one attached hydrogen (secondary N) is 2. The number of aromatic nitrogens is 8. The molecule has 0 fully saturated rings. The van der Waals surface area contributed by atoms with E-state index in [1.54, 1.807) is 40.3 Å². The van der Waals surface area contributed by atoms with Gasteiger partial charge in [0.05, 0.1) is 18.8 Å². The molecular weight excluding hydrogens is 448 g/mol. The Balaban J connectivity index is 1.15. The Labute approximate surface area is 201 Å². The molecule has 0 saturated carbocycles. The van der Waals surface area contributed by atoms with Crippen molar-refractivity contribution in [2.75, 3.05) is 5.32 Å². The Bertz CT molecular complexity index is 1250. The lowest BCUT2D eigenvalue weighted by molar-refractivity contribution is -0.115. The third-order valence-electron chi connectivity index (χ3n) is 5.09. The van der Waals surface area contributed by atoms with Crippen LogP contribution in [0.2, 0.25) is 0 Å². The maximum absolute atomic E-state index is 12.2. The van der Waals surface area contributed by atoms with Crippen molar-refractivity contribution in [1.29, 1.82) is 0 Å². The number of carbonyl (C=O) groups excluding carboxylic acids is 2. The molecule has 0 saturated heterocycles. The van der Waals surface area contributed by atoms with Crippen molar-refractivity contribution in [1.82, 2.24) is 45.3 Å². The first kappa shape index (κ1) is 23.7. The molecule has 0 spiro atoms. The normalized spacial score (nSPS) is 10.8. The fourth-order valence-electron chi connectivity index (χ4n) is 3.25. The summed E-state index contributed by atoms with van der Waals surface area (Å²) >= 11 is 0. The highest BCUT2D eigenvalue weighted by Crippen LogP contribution is 2.06. The molecule has 0 aliphatic carbocycles. The van der Waals surface area contributed by atoms with Crippen LogP contribution in [0.25, 0.3) is 0 Å². The number of aryl methyl sites for hydroxylation is 3. The van der Waals surface area contributed by atoms with E-state index >= 15 is 0 Å². The minimum Gasteiger partial charge on any atom is -0.346 e. The van der Waals surface area contributed by atoms with Gasteiger partial charge in [0.1, 0.15) is 0 Å². The highest BCUT2D eigenvalue weighted by Gasteiger charge is 2.11. The van der Waals surface area contributed by atoms with E-state index in [4.69, 9.17) is 0 Å². The molecule has 2 amide bonds. The van der Waals surface area contributed by atoms with Gasteiger partial charge in [0.2, 0.25) is 5.91 Å². The van der Waals surface area contributed by atoms with Gasteiger partial charge in [-0.05, 0) is 43.0 Å². The summed E-state index contributed by atoms with van der Waals surface area (Å²) in [5.74, 6) is -0.0735. The third kappa shape index (κ3) is 7.25. The smallest absolute Gasteiger partial charge is 0.273 e. The monoisotopic (exact) mass is 474 g/mol. The average Bonchev–Trinajstić information content (AvgIpc) is 3.52. The molecule has 0 radical (unpaired) electrons. The van der Waals surface area contributed by atoms with Crippen molar-refractivity contribution in [2.45, 2.75) is 45.8 Å². The molecule has 0 atom stereocenters. The summed E-state index contributed by atoms with van der Waals surface area (Å²) in [5, 5.41) is 21.5. The Morgan fingerprint density at radius 2 is 1.77 bits per heavy atom. The van der Waals surface area contributed by atoms with Crippen molar-refractivity contribution >= 4 is 17.6 Å². The summed E-state index contributed by atoms with van der Waals surface area (Å²) in [5.41, 5.74) is 2.92. The zero-order valence-electron chi connectivity index (χ0n) is 19.3. The van der Waals surface area contributed by atoms with E-state index in [2.05, 4.69) is 41.2 Å². The molecule has 12 nitrogen and oxygen atoms in total. The number of unbranched alkanes of at least 4 members (excludes halogenated alkanes) is 1. The van der Waals surface area contributed by atoms with Gasteiger partial charge in [-0.1, -0.05) is 22.6 Å². The zero-order chi connectivity index (χ0) is 24.5. The summed E-state index contributed by atoms with van der Waals surface area (Å²) < 4.78 is 3.32. The summed E-state index contributed by atoms with van der Waals surface area (Å²) in [7, 11) is 0. The van der Waals surface area contributed by atoms with Gasteiger partial charge < -0.3 is 10.6 Å². The Morgan fingerprint density at radius 3 is 2.51 bits per heavy atom. The van der Waals surface area contributed by atoms with Crippen LogP contribution < -0.4 is 10.6 Å². The van der Waals surface area contributed by atoms with E-state index in [0.29, 0.717) is 31.1 Å². The number of hydrogen-bond donors (Lipinski definition) is 2. The van der Waals surface area contributed by atoms with Crippen LogP contribution in [-0.4, -0.2) is 51.8 Å². The molecule has 4 rings (SSSR count). The maximum atomic E-state index is 12.2. The van der Waals surface area contributed by atoms with Gasteiger partial charge in [0.15, 0.2) is 11.5 Å². The first-order valence-electron chi connectivity index (χ1n) is 11.2. The van der Waals surface area contributed by atoms with Crippen molar-refractivity contribution < 1.29 is 9.59 Å². The molecule has 4 heterocycles. The van der Waals surface area contributed by atoms with Gasteiger partial charge in [-0.2, -0.15) is 0 Å². The molecule has 12 heteroatoms. The second-order valence-corrected chi connectivity index (χ2v) is 8.04. The highest BCUT2D eigenvalue weighted by molar-refractivity contribution is 5.92. The molecule has 0 aliphatic rings. The number of rotatable bonds is 11. The van der Waals surface area contributed by atoms with E-state index in [-0.39, 0.29) is 23.9 Å². The standard InChI is InChI=1S/C23H26N10O2/c1-17-6-7-19(25-12-17)11-22(34)27-21-16-33(31-29-21)10-3-2-9-32-15-20(28-30-32)23(35)26-14-18-5-4-8-24-13-18/h4-8,12-13,15-16H,2-3,9-11,14H2,1H3,(H,26,35)(H,27,34). The first-order valence-corrected chi connectivity index (χ1v) is 11.2. The van der Waals surface area contributed by atoms with Gasteiger partial charge in [0, 0.05) is 43.9 Å². The second kappa shape index (κ2) is 11.6. The average molecular weight is 475 g/mol. The predicted octanol–water partition coefficient (Wildman–Crippen LogP) is 1.56. The number of hydrogen-bond acceptors (Lipinski definition) is 8. The molecule has 4 aromatic rings. The molecule has 180 valence electrons. The summed E-state index contributed by atoms with van der Waals surface area (Å²) in [6.45, 7) is 3.58. The van der Waals surface area contributed by atoms with Crippen LogP contribution in [0.4, 0.5) is 5.82 Å².